The predicted octanol–water partition coefficient (Wildman–Crippen LogP) is 0.556. The van der Waals surface area contributed by atoms with E-state index in [9.17, 15) is 9.90 Å². The van der Waals surface area contributed by atoms with Crippen molar-refractivity contribution in [2.75, 3.05) is 27.2 Å². The lowest BCUT2D eigenvalue weighted by Crippen LogP contribution is -2.41. The number of hydrogen-bond donors (Lipinski definition) is 1. The van der Waals surface area contributed by atoms with Gasteiger partial charge in [-0.2, -0.15) is 0 Å². The molecule has 0 aromatic heterocycles. The van der Waals surface area contributed by atoms with Crippen LogP contribution in [0.1, 0.15) is 25.7 Å². The number of nitrogens with zero attached hydrogens (tertiary/aromatic N) is 2. The highest BCUT2D eigenvalue weighted by Crippen LogP contribution is 2.54. The Kier molecular flexibility index (Phi) is 3.10. The Bertz CT molecular complexity index is 343. The fourth-order valence-corrected chi connectivity index (χ4v) is 4.45. The summed E-state index contributed by atoms with van der Waals surface area (Å²) in [5.41, 5.74) is 0. The fraction of sp³-hybridized carbons (Fsp3) is 0.929. The minimum absolute atomic E-state index is 0.0988. The molecular formula is C14H24N2O2. The Morgan fingerprint density at radius 2 is 2.11 bits per heavy atom. The van der Waals surface area contributed by atoms with E-state index in [0.29, 0.717) is 18.4 Å². The molecule has 0 aromatic rings. The Labute approximate surface area is 109 Å². The third-order valence-corrected chi connectivity index (χ3v) is 5.28. The fourth-order valence-electron chi connectivity index (χ4n) is 4.45. The van der Waals surface area contributed by atoms with Gasteiger partial charge in [0, 0.05) is 33.1 Å². The Balaban J connectivity index is 1.51. The third-order valence-electron chi connectivity index (χ3n) is 5.28. The second kappa shape index (κ2) is 4.49. The second-order valence-corrected chi connectivity index (χ2v) is 6.52. The molecule has 2 saturated carbocycles. The SMILES string of the molecule is CN(C)C(=O)CCCN1CC2CC3CC2C1C3O. The number of carbonyl (C=O) groups is 1. The number of rotatable bonds is 4. The van der Waals surface area contributed by atoms with Crippen molar-refractivity contribution in [3.8, 4) is 0 Å². The summed E-state index contributed by atoms with van der Waals surface area (Å²) in [6.07, 6.45) is 3.92. The van der Waals surface area contributed by atoms with Crippen LogP contribution < -0.4 is 0 Å². The maximum atomic E-state index is 11.5. The summed E-state index contributed by atoms with van der Waals surface area (Å²) in [6.45, 7) is 2.13. The van der Waals surface area contributed by atoms with Crippen LogP contribution in [0, 0.1) is 17.8 Å². The van der Waals surface area contributed by atoms with E-state index in [0.717, 1.165) is 31.3 Å². The average Bonchev–Trinajstić information content (AvgIpc) is 2.90. The van der Waals surface area contributed by atoms with Crippen molar-refractivity contribution in [3.63, 3.8) is 0 Å². The molecule has 1 heterocycles. The van der Waals surface area contributed by atoms with Crippen LogP contribution in [0.4, 0.5) is 0 Å². The minimum Gasteiger partial charge on any atom is -0.391 e. The summed E-state index contributed by atoms with van der Waals surface area (Å²) < 4.78 is 0. The molecule has 1 amide bonds. The van der Waals surface area contributed by atoms with Gasteiger partial charge < -0.3 is 10.0 Å². The second-order valence-electron chi connectivity index (χ2n) is 6.52. The number of amides is 1. The molecule has 1 N–H and O–H groups in total. The molecule has 5 atom stereocenters. The number of fused-ring (bicyclic) bond motifs is 1. The van der Waals surface area contributed by atoms with Gasteiger partial charge in [0.2, 0.25) is 5.91 Å². The average molecular weight is 252 g/mol. The largest absolute Gasteiger partial charge is 0.391 e. The first-order chi connectivity index (χ1) is 8.58. The monoisotopic (exact) mass is 252 g/mol. The molecule has 4 heteroatoms. The zero-order valence-electron chi connectivity index (χ0n) is 11.4. The van der Waals surface area contributed by atoms with Crippen molar-refractivity contribution in [2.45, 2.75) is 37.8 Å². The van der Waals surface area contributed by atoms with Gasteiger partial charge in [-0.3, -0.25) is 9.69 Å². The van der Waals surface area contributed by atoms with E-state index >= 15 is 0 Å². The summed E-state index contributed by atoms with van der Waals surface area (Å²) >= 11 is 0. The van der Waals surface area contributed by atoms with Gasteiger partial charge >= 0.3 is 0 Å². The number of aliphatic hydroxyl groups is 1. The lowest BCUT2D eigenvalue weighted by atomic mass is 9.88. The van der Waals surface area contributed by atoms with E-state index < -0.39 is 0 Å². The Morgan fingerprint density at radius 1 is 1.33 bits per heavy atom. The van der Waals surface area contributed by atoms with Crippen LogP contribution >= 0.6 is 0 Å². The summed E-state index contributed by atoms with van der Waals surface area (Å²) in [5, 5.41) is 10.3. The lowest BCUT2D eigenvalue weighted by molar-refractivity contribution is -0.128. The molecule has 3 aliphatic rings. The van der Waals surface area contributed by atoms with Gasteiger partial charge in [-0.15, -0.1) is 0 Å². The van der Waals surface area contributed by atoms with Crippen LogP contribution in [-0.2, 0) is 4.79 Å². The highest BCUT2D eigenvalue weighted by atomic mass is 16.3. The molecule has 1 aliphatic heterocycles. The van der Waals surface area contributed by atoms with Crippen molar-refractivity contribution in [3.05, 3.63) is 0 Å². The van der Waals surface area contributed by atoms with Crippen molar-refractivity contribution in [1.82, 2.24) is 9.80 Å². The van der Waals surface area contributed by atoms with E-state index in [4.69, 9.17) is 0 Å². The molecule has 18 heavy (non-hydrogen) atoms. The van der Waals surface area contributed by atoms with Gasteiger partial charge in [0.15, 0.2) is 0 Å². The van der Waals surface area contributed by atoms with Crippen LogP contribution in [0.15, 0.2) is 0 Å². The molecule has 2 aliphatic carbocycles. The van der Waals surface area contributed by atoms with Gasteiger partial charge in [0.05, 0.1) is 6.10 Å². The van der Waals surface area contributed by atoms with Crippen LogP contribution in [0.2, 0.25) is 0 Å². The maximum Gasteiger partial charge on any atom is 0.222 e. The molecule has 4 nitrogen and oxygen atoms in total. The number of aliphatic hydroxyl groups excluding tert-OH is 1. The first kappa shape index (κ1) is 12.4. The quantitative estimate of drug-likeness (QED) is 0.795. The Hall–Kier alpha value is -0.610. The summed E-state index contributed by atoms with van der Waals surface area (Å²) in [7, 11) is 3.62. The van der Waals surface area contributed by atoms with Crippen molar-refractivity contribution in [2.24, 2.45) is 17.8 Å². The standard InChI is InChI=1S/C14H24N2O2/c1-15(2)12(17)4-3-5-16-8-10-6-9-7-11(10)13(16)14(9)18/h9-11,13-14,18H,3-8H2,1-2H3. The molecular weight excluding hydrogens is 228 g/mol. The first-order valence-corrected chi connectivity index (χ1v) is 7.20. The van der Waals surface area contributed by atoms with Gasteiger partial charge in [-0.25, -0.2) is 0 Å². The zero-order valence-corrected chi connectivity index (χ0v) is 11.4. The Morgan fingerprint density at radius 3 is 2.78 bits per heavy atom. The molecule has 0 radical (unpaired) electrons. The molecule has 0 spiro atoms. The van der Waals surface area contributed by atoms with E-state index in [-0.39, 0.29) is 12.0 Å². The van der Waals surface area contributed by atoms with Gasteiger partial charge in [0.1, 0.15) is 0 Å². The molecule has 0 aromatic carbocycles. The topological polar surface area (TPSA) is 43.8 Å². The summed E-state index contributed by atoms with van der Waals surface area (Å²) in [4.78, 5) is 15.7. The van der Waals surface area contributed by atoms with E-state index in [1.54, 1.807) is 4.90 Å². The predicted molar refractivity (Wildman–Crippen MR) is 69.0 cm³/mol. The molecule has 102 valence electrons. The maximum absolute atomic E-state index is 11.5. The van der Waals surface area contributed by atoms with Crippen LogP contribution in [0.5, 0.6) is 0 Å². The third kappa shape index (κ3) is 1.86. The number of hydrogen-bond acceptors (Lipinski definition) is 3. The van der Waals surface area contributed by atoms with Crippen molar-refractivity contribution >= 4 is 5.91 Å². The van der Waals surface area contributed by atoms with Gasteiger partial charge in [0.25, 0.3) is 0 Å². The zero-order chi connectivity index (χ0) is 12.9. The highest BCUT2D eigenvalue weighted by Gasteiger charge is 2.58. The minimum atomic E-state index is -0.0988. The van der Waals surface area contributed by atoms with Gasteiger partial charge in [-0.1, -0.05) is 0 Å². The van der Waals surface area contributed by atoms with E-state index in [2.05, 4.69) is 4.90 Å². The summed E-state index contributed by atoms with van der Waals surface area (Å²) in [5.74, 6) is 2.35. The molecule has 5 unspecified atom stereocenters. The van der Waals surface area contributed by atoms with Crippen LogP contribution in [0.3, 0.4) is 0 Å². The van der Waals surface area contributed by atoms with Crippen molar-refractivity contribution < 1.29 is 9.90 Å². The normalized spacial score (nSPS) is 41.6. The lowest BCUT2D eigenvalue weighted by Gasteiger charge is -2.28. The smallest absolute Gasteiger partial charge is 0.222 e. The van der Waals surface area contributed by atoms with Crippen LogP contribution in [0.25, 0.3) is 0 Å². The van der Waals surface area contributed by atoms with Gasteiger partial charge in [-0.05, 0) is 43.6 Å². The van der Waals surface area contributed by atoms with E-state index in [1.807, 2.05) is 14.1 Å². The molecule has 1 saturated heterocycles. The molecule has 3 rings (SSSR count). The number of likely N-dealkylation sites (tertiary alicyclic amines) is 1. The first-order valence-electron chi connectivity index (χ1n) is 7.20. The number of carbonyl (C=O) groups excluding carboxylic acids is 1. The molecule has 3 fully saturated rings. The van der Waals surface area contributed by atoms with Crippen LogP contribution in [-0.4, -0.2) is 60.1 Å². The highest BCUT2D eigenvalue weighted by molar-refractivity contribution is 5.75. The summed E-state index contributed by atoms with van der Waals surface area (Å²) in [6, 6.07) is 0.406. The van der Waals surface area contributed by atoms with E-state index in [1.165, 1.54) is 12.8 Å². The van der Waals surface area contributed by atoms with Crippen molar-refractivity contribution in [1.29, 1.82) is 0 Å². The molecule has 2 bridgehead atoms.